The van der Waals surface area contributed by atoms with Gasteiger partial charge in [-0.2, -0.15) is 10.2 Å². The molecule has 0 unspecified atom stereocenters. The first-order valence-corrected chi connectivity index (χ1v) is 7.47. The van der Waals surface area contributed by atoms with E-state index in [1.807, 2.05) is 31.2 Å². The number of rotatable bonds is 7. The summed E-state index contributed by atoms with van der Waals surface area (Å²) < 4.78 is 4.45. The minimum absolute atomic E-state index is 0.0474. The average Bonchev–Trinajstić information content (AvgIpc) is 3.03. The summed E-state index contributed by atoms with van der Waals surface area (Å²) in [4.78, 5) is 13.9. The van der Waals surface area contributed by atoms with Crippen molar-refractivity contribution in [3.8, 4) is 0 Å². The molecule has 1 amide bonds. The first-order valence-electron chi connectivity index (χ1n) is 6.68. The third-order valence-corrected chi connectivity index (χ3v) is 3.27. The van der Waals surface area contributed by atoms with Gasteiger partial charge in [-0.1, -0.05) is 0 Å². The van der Waals surface area contributed by atoms with Crippen LogP contribution in [0.25, 0.3) is 0 Å². The summed E-state index contributed by atoms with van der Waals surface area (Å²) in [6.07, 6.45) is 7.42. The summed E-state index contributed by atoms with van der Waals surface area (Å²) in [6, 6.07) is 0. The quantitative estimate of drug-likeness (QED) is 0.816. The molecule has 21 heavy (non-hydrogen) atoms. The Labute approximate surface area is 132 Å². The highest BCUT2D eigenvalue weighted by Gasteiger charge is 2.06. The van der Waals surface area contributed by atoms with E-state index < -0.39 is 0 Å². The van der Waals surface area contributed by atoms with Crippen molar-refractivity contribution in [2.75, 3.05) is 26.0 Å². The molecule has 0 aliphatic carbocycles. The highest BCUT2D eigenvalue weighted by Crippen LogP contribution is 2.08. The van der Waals surface area contributed by atoms with Gasteiger partial charge in [0.25, 0.3) is 0 Å². The van der Waals surface area contributed by atoms with E-state index in [-0.39, 0.29) is 5.91 Å². The lowest BCUT2D eigenvalue weighted by Gasteiger charge is -2.08. The van der Waals surface area contributed by atoms with Gasteiger partial charge in [0.15, 0.2) is 0 Å². The number of anilines is 1. The van der Waals surface area contributed by atoms with Gasteiger partial charge < -0.3 is 10.2 Å². The van der Waals surface area contributed by atoms with Crippen LogP contribution in [0.2, 0.25) is 0 Å². The number of amides is 1. The zero-order valence-corrected chi connectivity index (χ0v) is 13.7. The number of nitrogens with one attached hydrogen (secondary N) is 1. The monoisotopic (exact) mass is 354 g/mol. The van der Waals surface area contributed by atoms with Crippen molar-refractivity contribution in [3.63, 3.8) is 0 Å². The van der Waals surface area contributed by atoms with Gasteiger partial charge in [0.05, 0.1) is 29.1 Å². The summed E-state index contributed by atoms with van der Waals surface area (Å²) in [5.41, 5.74) is 0.723. The number of hydrogen-bond donors (Lipinski definition) is 1. The molecule has 0 aliphatic rings. The molecule has 0 radical (unpaired) electrons. The molecule has 0 aromatic carbocycles. The summed E-state index contributed by atoms with van der Waals surface area (Å²) in [7, 11) is 4.03. The maximum absolute atomic E-state index is 11.9. The van der Waals surface area contributed by atoms with Crippen LogP contribution >= 0.6 is 15.9 Å². The number of hydrogen-bond acceptors (Lipinski definition) is 4. The van der Waals surface area contributed by atoms with E-state index in [0.29, 0.717) is 13.0 Å². The number of nitrogens with zero attached hydrogens (tertiary/aromatic N) is 5. The lowest BCUT2D eigenvalue weighted by Crippen LogP contribution is -2.18. The smallest absolute Gasteiger partial charge is 0.226 e. The van der Waals surface area contributed by atoms with Crippen molar-refractivity contribution in [2.24, 2.45) is 0 Å². The number of aryl methyl sites for hydroxylation is 1. The van der Waals surface area contributed by atoms with Gasteiger partial charge in [-0.05, 0) is 30.0 Å². The number of carbonyl (C=O) groups is 1. The Morgan fingerprint density at radius 2 is 1.95 bits per heavy atom. The van der Waals surface area contributed by atoms with E-state index in [1.165, 1.54) is 0 Å². The standard InChI is InChI=1S/C13H19BrN6O/c1-18(2)5-6-20-10-12(8-16-20)17-13(21)3-4-19-9-11(14)7-15-19/h7-10H,3-6H2,1-2H3,(H,17,21). The number of halogens is 1. The number of aromatic nitrogens is 4. The van der Waals surface area contributed by atoms with Crippen LogP contribution in [0.5, 0.6) is 0 Å². The first-order chi connectivity index (χ1) is 10.0. The van der Waals surface area contributed by atoms with Crippen LogP contribution in [0, 0.1) is 0 Å². The maximum atomic E-state index is 11.9. The molecule has 1 N–H and O–H groups in total. The van der Waals surface area contributed by atoms with E-state index in [4.69, 9.17) is 0 Å². The summed E-state index contributed by atoms with van der Waals surface area (Å²) in [5.74, 6) is -0.0474. The Balaban J connectivity index is 1.77. The fourth-order valence-electron chi connectivity index (χ4n) is 1.75. The fourth-order valence-corrected chi connectivity index (χ4v) is 2.08. The normalized spacial score (nSPS) is 11.0. The second kappa shape index (κ2) is 7.37. The van der Waals surface area contributed by atoms with Crippen molar-refractivity contribution < 1.29 is 4.79 Å². The molecule has 8 heteroatoms. The number of carbonyl (C=O) groups excluding carboxylic acids is 1. The molecule has 2 aromatic heterocycles. The minimum Gasteiger partial charge on any atom is -0.323 e. The van der Waals surface area contributed by atoms with E-state index in [9.17, 15) is 4.79 Å². The molecule has 7 nitrogen and oxygen atoms in total. The topological polar surface area (TPSA) is 68.0 Å². The predicted molar refractivity (Wildman–Crippen MR) is 84.0 cm³/mol. The van der Waals surface area contributed by atoms with Gasteiger partial charge in [0, 0.05) is 31.9 Å². The second-order valence-corrected chi connectivity index (χ2v) is 5.93. The summed E-state index contributed by atoms with van der Waals surface area (Å²) in [5, 5.41) is 11.2. The van der Waals surface area contributed by atoms with Gasteiger partial charge in [-0.3, -0.25) is 14.2 Å². The van der Waals surface area contributed by atoms with Crippen LogP contribution < -0.4 is 5.32 Å². The van der Waals surface area contributed by atoms with Gasteiger partial charge in [-0.15, -0.1) is 0 Å². The molecule has 0 bridgehead atoms. The maximum Gasteiger partial charge on any atom is 0.226 e. The van der Waals surface area contributed by atoms with Gasteiger partial charge in [0.1, 0.15) is 0 Å². The third kappa shape index (κ3) is 5.31. The molecule has 0 atom stereocenters. The molecule has 0 fully saturated rings. The zero-order chi connectivity index (χ0) is 15.2. The van der Waals surface area contributed by atoms with Crippen molar-refractivity contribution in [1.82, 2.24) is 24.5 Å². The van der Waals surface area contributed by atoms with Gasteiger partial charge >= 0.3 is 0 Å². The summed E-state index contributed by atoms with van der Waals surface area (Å²) in [6.45, 7) is 2.25. The molecule has 0 saturated carbocycles. The Bertz CT molecular complexity index is 591. The molecule has 0 spiro atoms. The SMILES string of the molecule is CN(C)CCn1cc(NC(=O)CCn2cc(Br)cn2)cn1. The Morgan fingerprint density at radius 1 is 1.24 bits per heavy atom. The number of likely N-dealkylation sites (N-methyl/N-ethyl adjacent to an activating group) is 1. The van der Waals surface area contributed by atoms with Gasteiger partial charge in [0.2, 0.25) is 5.91 Å². The van der Waals surface area contributed by atoms with Gasteiger partial charge in [-0.25, -0.2) is 0 Å². The average molecular weight is 355 g/mol. The lowest BCUT2D eigenvalue weighted by atomic mass is 10.4. The fraction of sp³-hybridized carbons (Fsp3) is 0.462. The predicted octanol–water partition coefficient (Wildman–Crippen LogP) is 1.43. The van der Waals surface area contributed by atoms with Crippen LogP contribution in [-0.2, 0) is 17.9 Å². The van der Waals surface area contributed by atoms with Crippen LogP contribution in [0.15, 0.2) is 29.3 Å². The van der Waals surface area contributed by atoms with Crippen molar-refractivity contribution in [3.05, 3.63) is 29.3 Å². The third-order valence-electron chi connectivity index (χ3n) is 2.86. The summed E-state index contributed by atoms with van der Waals surface area (Å²) >= 11 is 3.32. The van der Waals surface area contributed by atoms with Crippen LogP contribution in [0.1, 0.15) is 6.42 Å². The van der Waals surface area contributed by atoms with E-state index in [1.54, 1.807) is 17.1 Å². The highest BCUT2D eigenvalue weighted by atomic mass is 79.9. The zero-order valence-electron chi connectivity index (χ0n) is 12.2. The molecule has 2 aromatic rings. The van der Waals surface area contributed by atoms with Crippen molar-refractivity contribution >= 4 is 27.5 Å². The van der Waals surface area contributed by atoms with Crippen LogP contribution in [0.3, 0.4) is 0 Å². The Hall–Kier alpha value is -1.67. The van der Waals surface area contributed by atoms with E-state index >= 15 is 0 Å². The van der Waals surface area contributed by atoms with Crippen molar-refractivity contribution in [1.29, 1.82) is 0 Å². The molecular weight excluding hydrogens is 336 g/mol. The Morgan fingerprint density at radius 3 is 2.62 bits per heavy atom. The molecule has 0 saturated heterocycles. The van der Waals surface area contributed by atoms with E-state index in [0.717, 1.165) is 23.2 Å². The van der Waals surface area contributed by atoms with Crippen molar-refractivity contribution in [2.45, 2.75) is 19.5 Å². The highest BCUT2D eigenvalue weighted by molar-refractivity contribution is 9.10. The molecule has 2 rings (SSSR count). The van der Waals surface area contributed by atoms with E-state index in [2.05, 4.69) is 36.3 Å². The second-order valence-electron chi connectivity index (χ2n) is 5.02. The minimum atomic E-state index is -0.0474. The van der Waals surface area contributed by atoms with Crippen LogP contribution in [-0.4, -0.2) is 51.0 Å². The molecule has 114 valence electrons. The van der Waals surface area contributed by atoms with Crippen LogP contribution in [0.4, 0.5) is 5.69 Å². The molecule has 2 heterocycles. The first kappa shape index (κ1) is 15.7. The molecule has 0 aliphatic heterocycles. The molecular formula is C13H19BrN6O. The Kier molecular flexibility index (Phi) is 5.51. The lowest BCUT2D eigenvalue weighted by molar-refractivity contribution is -0.116. The largest absolute Gasteiger partial charge is 0.323 e.